The molecule has 0 radical (unpaired) electrons. The Balaban J connectivity index is 1.98. The van der Waals surface area contributed by atoms with Gasteiger partial charge in [-0.05, 0) is 31.1 Å². The smallest absolute Gasteiger partial charge is 0.321 e. The third-order valence-electron chi connectivity index (χ3n) is 3.67. The van der Waals surface area contributed by atoms with Gasteiger partial charge < -0.3 is 5.11 Å². The second-order valence-corrected chi connectivity index (χ2v) is 6.91. The zero-order valence-electron chi connectivity index (χ0n) is 9.38. The molecule has 1 atom stereocenters. The van der Waals surface area contributed by atoms with E-state index in [9.17, 15) is 4.79 Å². The maximum absolute atomic E-state index is 10.9. The van der Waals surface area contributed by atoms with Gasteiger partial charge >= 0.3 is 5.97 Å². The average molecular weight is 229 g/mol. The van der Waals surface area contributed by atoms with Crippen LogP contribution in [0.4, 0.5) is 0 Å². The molecule has 1 aliphatic carbocycles. The van der Waals surface area contributed by atoms with Gasteiger partial charge in [0.05, 0.1) is 4.87 Å². The Hall–Kier alpha value is -0.220. The van der Waals surface area contributed by atoms with Crippen LogP contribution < -0.4 is 5.32 Å². The summed E-state index contributed by atoms with van der Waals surface area (Å²) >= 11 is 1.81. The number of nitrogens with one attached hydrogen (secondary N) is 1. The number of rotatable bonds is 1. The molecule has 0 unspecified atom stereocenters. The van der Waals surface area contributed by atoms with Crippen LogP contribution in [0.25, 0.3) is 0 Å². The van der Waals surface area contributed by atoms with Gasteiger partial charge in [0.1, 0.15) is 6.04 Å². The Bertz CT molecular complexity index is 268. The molecule has 0 aromatic heterocycles. The molecule has 0 amide bonds. The molecule has 1 heterocycles. The minimum atomic E-state index is -0.704. The standard InChI is InChI=1S/C11H19NO2S/c1-10(2)3-5-11(6-4-10)12-8(7-15-11)9(13)14/h8,12H,3-7H2,1-2H3,(H,13,14)/t8-/m0/s1. The van der Waals surface area contributed by atoms with Gasteiger partial charge in [-0.15, -0.1) is 11.8 Å². The summed E-state index contributed by atoms with van der Waals surface area (Å²) in [7, 11) is 0. The van der Waals surface area contributed by atoms with Gasteiger partial charge in [0.15, 0.2) is 0 Å². The maximum Gasteiger partial charge on any atom is 0.321 e. The molecule has 1 spiro atoms. The molecule has 0 bridgehead atoms. The highest BCUT2D eigenvalue weighted by Gasteiger charge is 2.45. The first kappa shape index (κ1) is 11.3. The van der Waals surface area contributed by atoms with Crippen LogP contribution in [0.1, 0.15) is 39.5 Å². The first-order valence-corrected chi connectivity index (χ1v) is 6.56. The lowest BCUT2D eigenvalue weighted by molar-refractivity contribution is -0.139. The van der Waals surface area contributed by atoms with Gasteiger partial charge in [0, 0.05) is 5.75 Å². The summed E-state index contributed by atoms with van der Waals surface area (Å²) in [5.41, 5.74) is 0.439. The van der Waals surface area contributed by atoms with Crippen molar-refractivity contribution in [3.63, 3.8) is 0 Å². The van der Waals surface area contributed by atoms with Crippen molar-refractivity contribution in [3.8, 4) is 0 Å². The Morgan fingerprint density at radius 3 is 2.40 bits per heavy atom. The molecule has 86 valence electrons. The van der Waals surface area contributed by atoms with E-state index in [2.05, 4.69) is 19.2 Å². The fourth-order valence-corrected chi connectivity index (χ4v) is 3.83. The van der Waals surface area contributed by atoms with Gasteiger partial charge in [-0.25, -0.2) is 0 Å². The molecule has 1 saturated carbocycles. The quantitative estimate of drug-likeness (QED) is 0.722. The van der Waals surface area contributed by atoms with Gasteiger partial charge in [-0.2, -0.15) is 0 Å². The van der Waals surface area contributed by atoms with Crippen LogP contribution >= 0.6 is 11.8 Å². The fraction of sp³-hybridized carbons (Fsp3) is 0.909. The largest absolute Gasteiger partial charge is 0.480 e. The summed E-state index contributed by atoms with van der Waals surface area (Å²) < 4.78 is 0. The molecule has 15 heavy (non-hydrogen) atoms. The molecule has 2 N–H and O–H groups in total. The number of carboxylic acid groups (broad SMARTS) is 1. The fourth-order valence-electron chi connectivity index (χ4n) is 2.40. The van der Waals surface area contributed by atoms with Crippen LogP contribution in [-0.4, -0.2) is 27.7 Å². The Morgan fingerprint density at radius 1 is 1.33 bits per heavy atom. The SMILES string of the molecule is CC1(C)CCC2(CC1)N[C@H](C(=O)O)CS2. The van der Waals surface area contributed by atoms with Crippen LogP contribution in [-0.2, 0) is 4.79 Å². The summed E-state index contributed by atoms with van der Waals surface area (Å²) in [6, 6.07) is -0.337. The molecule has 1 saturated heterocycles. The highest BCUT2D eigenvalue weighted by molar-refractivity contribution is 8.00. The maximum atomic E-state index is 10.9. The van der Waals surface area contributed by atoms with Gasteiger partial charge in [-0.3, -0.25) is 10.1 Å². The highest BCUT2D eigenvalue weighted by Crippen LogP contribution is 2.48. The van der Waals surface area contributed by atoms with E-state index >= 15 is 0 Å². The zero-order valence-corrected chi connectivity index (χ0v) is 10.2. The molecular weight excluding hydrogens is 210 g/mol. The van der Waals surface area contributed by atoms with Crippen LogP contribution in [0.3, 0.4) is 0 Å². The lowest BCUT2D eigenvalue weighted by Crippen LogP contribution is -2.48. The molecule has 1 aliphatic heterocycles. The summed E-state index contributed by atoms with van der Waals surface area (Å²) in [5, 5.41) is 12.3. The Morgan fingerprint density at radius 2 is 1.93 bits per heavy atom. The van der Waals surface area contributed by atoms with E-state index < -0.39 is 5.97 Å². The number of hydrogen-bond acceptors (Lipinski definition) is 3. The van der Waals surface area contributed by atoms with Crippen molar-refractivity contribution >= 4 is 17.7 Å². The normalized spacial score (nSPS) is 33.1. The average Bonchev–Trinajstić information content (AvgIpc) is 2.56. The van der Waals surface area contributed by atoms with Crippen molar-refractivity contribution in [2.75, 3.05) is 5.75 Å². The Labute approximate surface area is 95.0 Å². The molecular formula is C11H19NO2S. The van der Waals surface area contributed by atoms with E-state index in [1.165, 1.54) is 12.8 Å². The van der Waals surface area contributed by atoms with Crippen LogP contribution in [0.5, 0.6) is 0 Å². The molecule has 4 heteroatoms. The van der Waals surface area contributed by atoms with Gasteiger partial charge in [0.25, 0.3) is 0 Å². The predicted octanol–water partition coefficient (Wildman–Crippen LogP) is 2.07. The van der Waals surface area contributed by atoms with Crippen LogP contribution in [0.15, 0.2) is 0 Å². The van der Waals surface area contributed by atoms with Crippen molar-refractivity contribution < 1.29 is 9.90 Å². The molecule has 2 fully saturated rings. The number of aliphatic carboxylic acids is 1. The van der Waals surface area contributed by atoms with Crippen molar-refractivity contribution in [2.45, 2.75) is 50.4 Å². The van der Waals surface area contributed by atoms with Gasteiger partial charge in [0.2, 0.25) is 0 Å². The third-order valence-corrected chi connectivity index (χ3v) is 5.25. The minimum Gasteiger partial charge on any atom is -0.480 e. The lowest BCUT2D eigenvalue weighted by atomic mass is 9.75. The van der Waals surface area contributed by atoms with E-state index in [1.54, 1.807) is 0 Å². The minimum absolute atomic E-state index is 0.0680. The molecule has 0 aromatic carbocycles. The summed E-state index contributed by atoms with van der Waals surface area (Å²) in [6.45, 7) is 4.60. The first-order valence-electron chi connectivity index (χ1n) is 5.57. The highest BCUT2D eigenvalue weighted by atomic mass is 32.2. The Kier molecular flexibility index (Phi) is 2.75. The number of carboxylic acids is 1. The van der Waals surface area contributed by atoms with E-state index in [-0.39, 0.29) is 10.9 Å². The van der Waals surface area contributed by atoms with E-state index in [4.69, 9.17) is 5.11 Å². The van der Waals surface area contributed by atoms with Crippen molar-refractivity contribution in [1.29, 1.82) is 0 Å². The monoisotopic (exact) mass is 229 g/mol. The number of thioether (sulfide) groups is 1. The second kappa shape index (κ2) is 3.67. The zero-order chi connectivity index (χ0) is 11.1. The van der Waals surface area contributed by atoms with E-state index in [0.717, 1.165) is 18.6 Å². The van der Waals surface area contributed by atoms with Crippen molar-refractivity contribution in [1.82, 2.24) is 5.32 Å². The number of carbonyl (C=O) groups is 1. The van der Waals surface area contributed by atoms with Crippen LogP contribution in [0.2, 0.25) is 0 Å². The predicted molar refractivity (Wildman–Crippen MR) is 62.0 cm³/mol. The molecule has 2 rings (SSSR count). The molecule has 3 nitrogen and oxygen atoms in total. The van der Waals surface area contributed by atoms with Gasteiger partial charge in [-0.1, -0.05) is 13.8 Å². The first-order chi connectivity index (χ1) is 6.93. The summed E-state index contributed by atoms with van der Waals surface area (Å²) in [6.07, 6.45) is 4.60. The van der Waals surface area contributed by atoms with E-state index in [0.29, 0.717) is 5.41 Å². The second-order valence-electron chi connectivity index (χ2n) is 5.50. The van der Waals surface area contributed by atoms with E-state index in [1.807, 2.05) is 11.8 Å². The topological polar surface area (TPSA) is 49.3 Å². The van der Waals surface area contributed by atoms with Crippen molar-refractivity contribution in [3.05, 3.63) is 0 Å². The molecule has 2 aliphatic rings. The van der Waals surface area contributed by atoms with Crippen LogP contribution in [0, 0.1) is 5.41 Å². The summed E-state index contributed by atoms with van der Waals surface area (Å²) in [5.74, 6) is 0.0136. The molecule has 0 aromatic rings. The number of hydrogen-bond donors (Lipinski definition) is 2. The summed E-state index contributed by atoms with van der Waals surface area (Å²) in [4.78, 5) is 10.9. The lowest BCUT2D eigenvalue weighted by Gasteiger charge is -2.41. The third kappa shape index (κ3) is 2.31. The van der Waals surface area contributed by atoms with Crippen molar-refractivity contribution in [2.24, 2.45) is 5.41 Å².